The molecule has 3 heteroatoms. The molecule has 1 aromatic heterocycles. The van der Waals surface area contributed by atoms with Crippen LogP contribution in [-0.2, 0) is 0 Å². The van der Waals surface area contributed by atoms with Gasteiger partial charge in [0, 0.05) is 24.5 Å². The third-order valence-corrected chi connectivity index (χ3v) is 1.61. The standard InChI is InChI=1S/C9H14N2O.2C2H6/c1-11(2)7-9(12)8-4-3-5-10-6-8;2*1-2/h3-6,9,12H,7H2,1-2H3;2*1-2H3. The van der Waals surface area contributed by atoms with Crippen molar-refractivity contribution in [3.63, 3.8) is 0 Å². The van der Waals surface area contributed by atoms with E-state index in [4.69, 9.17) is 0 Å². The van der Waals surface area contributed by atoms with E-state index in [1.807, 2.05) is 58.8 Å². The van der Waals surface area contributed by atoms with Crippen molar-refractivity contribution >= 4 is 0 Å². The zero-order valence-corrected chi connectivity index (χ0v) is 11.4. The Bertz CT molecular complexity index is 225. The molecule has 94 valence electrons. The summed E-state index contributed by atoms with van der Waals surface area (Å²) in [5.41, 5.74) is 0.867. The molecule has 0 fully saturated rings. The van der Waals surface area contributed by atoms with E-state index in [0.717, 1.165) is 5.56 Å². The Morgan fingerprint density at radius 2 is 1.81 bits per heavy atom. The van der Waals surface area contributed by atoms with Crippen LogP contribution >= 0.6 is 0 Å². The van der Waals surface area contributed by atoms with Gasteiger partial charge in [-0.2, -0.15) is 0 Å². The van der Waals surface area contributed by atoms with Crippen molar-refractivity contribution in [2.24, 2.45) is 0 Å². The first-order chi connectivity index (χ1) is 7.70. The first-order valence-electron chi connectivity index (χ1n) is 5.93. The van der Waals surface area contributed by atoms with Gasteiger partial charge in [-0.3, -0.25) is 4.98 Å². The molecule has 0 saturated heterocycles. The molecular formula is C13H26N2O. The third kappa shape index (κ3) is 8.38. The largest absolute Gasteiger partial charge is 0.387 e. The van der Waals surface area contributed by atoms with Gasteiger partial charge in [-0.1, -0.05) is 33.8 Å². The SMILES string of the molecule is CC.CC.CN(C)CC(O)c1cccnc1. The molecule has 0 aliphatic carbocycles. The molecule has 0 aliphatic heterocycles. The monoisotopic (exact) mass is 226 g/mol. The second kappa shape index (κ2) is 12.1. The van der Waals surface area contributed by atoms with Gasteiger partial charge in [0.2, 0.25) is 0 Å². The number of hydrogen-bond acceptors (Lipinski definition) is 3. The summed E-state index contributed by atoms with van der Waals surface area (Å²) >= 11 is 0. The number of likely N-dealkylation sites (N-methyl/N-ethyl adjacent to an activating group) is 1. The van der Waals surface area contributed by atoms with Crippen LogP contribution in [0.15, 0.2) is 24.5 Å². The van der Waals surface area contributed by atoms with Crippen molar-refractivity contribution in [1.29, 1.82) is 0 Å². The fourth-order valence-electron chi connectivity index (χ4n) is 1.02. The number of aliphatic hydroxyl groups is 1. The van der Waals surface area contributed by atoms with Crippen LogP contribution in [0.1, 0.15) is 39.4 Å². The van der Waals surface area contributed by atoms with Crippen LogP contribution in [0.4, 0.5) is 0 Å². The number of aliphatic hydroxyl groups excluding tert-OH is 1. The lowest BCUT2D eigenvalue weighted by atomic mass is 10.1. The summed E-state index contributed by atoms with van der Waals surface area (Å²) < 4.78 is 0. The molecule has 0 radical (unpaired) electrons. The Morgan fingerprint density at radius 1 is 1.25 bits per heavy atom. The lowest BCUT2D eigenvalue weighted by Crippen LogP contribution is -2.19. The van der Waals surface area contributed by atoms with E-state index < -0.39 is 6.10 Å². The molecule has 3 nitrogen and oxygen atoms in total. The predicted molar refractivity (Wildman–Crippen MR) is 70.4 cm³/mol. The van der Waals surface area contributed by atoms with E-state index in [1.54, 1.807) is 12.4 Å². The summed E-state index contributed by atoms with van der Waals surface area (Å²) in [6.45, 7) is 8.63. The van der Waals surface area contributed by atoms with Gasteiger partial charge < -0.3 is 10.0 Å². The van der Waals surface area contributed by atoms with Crippen LogP contribution in [0.2, 0.25) is 0 Å². The minimum atomic E-state index is -0.436. The van der Waals surface area contributed by atoms with Crippen LogP contribution < -0.4 is 0 Å². The van der Waals surface area contributed by atoms with E-state index in [9.17, 15) is 5.11 Å². The normalized spacial score (nSPS) is 10.8. The zero-order valence-electron chi connectivity index (χ0n) is 11.4. The Morgan fingerprint density at radius 3 is 2.19 bits per heavy atom. The molecule has 1 aromatic rings. The zero-order chi connectivity index (χ0) is 13.0. The van der Waals surface area contributed by atoms with Crippen LogP contribution in [-0.4, -0.2) is 35.6 Å². The molecule has 1 unspecified atom stereocenters. The number of hydrogen-bond donors (Lipinski definition) is 1. The summed E-state index contributed by atoms with van der Waals surface area (Å²) in [4.78, 5) is 5.88. The van der Waals surface area contributed by atoms with Gasteiger partial charge in [0.15, 0.2) is 0 Å². The molecule has 1 atom stereocenters. The summed E-state index contributed by atoms with van der Waals surface area (Å²) in [5.74, 6) is 0. The van der Waals surface area contributed by atoms with Crippen molar-refractivity contribution in [3.8, 4) is 0 Å². The molecule has 0 saturated carbocycles. The van der Waals surface area contributed by atoms with Gasteiger partial charge in [0.1, 0.15) is 0 Å². The third-order valence-electron chi connectivity index (χ3n) is 1.61. The van der Waals surface area contributed by atoms with Gasteiger partial charge in [-0.05, 0) is 20.2 Å². The topological polar surface area (TPSA) is 36.4 Å². The minimum Gasteiger partial charge on any atom is -0.387 e. The quantitative estimate of drug-likeness (QED) is 0.861. The number of aromatic nitrogens is 1. The summed E-state index contributed by atoms with van der Waals surface area (Å²) in [6.07, 6.45) is 2.95. The maximum Gasteiger partial charge on any atom is 0.0931 e. The van der Waals surface area contributed by atoms with Crippen molar-refractivity contribution in [3.05, 3.63) is 30.1 Å². The second-order valence-corrected chi connectivity index (χ2v) is 3.06. The average Bonchev–Trinajstić information content (AvgIpc) is 2.34. The van der Waals surface area contributed by atoms with E-state index in [-0.39, 0.29) is 0 Å². The number of pyridine rings is 1. The van der Waals surface area contributed by atoms with Crippen molar-refractivity contribution in [2.45, 2.75) is 33.8 Å². The van der Waals surface area contributed by atoms with E-state index in [0.29, 0.717) is 6.54 Å². The van der Waals surface area contributed by atoms with Crippen molar-refractivity contribution < 1.29 is 5.11 Å². The van der Waals surface area contributed by atoms with Gasteiger partial charge >= 0.3 is 0 Å². The molecule has 1 N–H and O–H groups in total. The summed E-state index contributed by atoms with van der Waals surface area (Å²) in [7, 11) is 3.86. The fourth-order valence-corrected chi connectivity index (χ4v) is 1.02. The average molecular weight is 226 g/mol. The Hall–Kier alpha value is -0.930. The van der Waals surface area contributed by atoms with Crippen LogP contribution in [0.3, 0.4) is 0 Å². The fraction of sp³-hybridized carbons (Fsp3) is 0.615. The van der Waals surface area contributed by atoms with Crippen LogP contribution in [0.25, 0.3) is 0 Å². The molecule has 0 amide bonds. The molecule has 0 aromatic carbocycles. The molecule has 0 aliphatic rings. The van der Waals surface area contributed by atoms with Gasteiger partial charge in [-0.15, -0.1) is 0 Å². The van der Waals surface area contributed by atoms with Crippen LogP contribution in [0, 0.1) is 0 Å². The molecule has 1 heterocycles. The molecule has 0 spiro atoms. The van der Waals surface area contributed by atoms with Crippen molar-refractivity contribution in [1.82, 2.24) is 9.88 Å². The summed E-state index contributed by atoms with van der Waals surface area (Å²) in [6, 6.07) is 3.70. The smallest absolute Gasteiger partial charge is 0.0931 e. The highest BCUT2D eigenvalue weighted by Gasteiger charge is 2.07. The Labute approximate surface area is 100 Å². The van der Waals surface area contributed by atoms with E-state index in [2.05, 4.69) is 4.98 Å². The molecule has 1 rings (SSSR count). The van der Waals surface area contributed by atoms with Crippen molar-refractivity contribution in [2.75, 3.05) is 20.6 Å². The molecular weight excluding hydrogens is 200 g/mol. The van der Waals surface area contributed by atoms with Gasteiger partial charge in [0.05, 0.1) is 6.10 Å². The first kappa shape index (κ1) is 17.5. The van der Waals surface area contributed by atoms with Crippen LogP contribution in [0.5, 0.6) is 0 Å². The lowest BCUT2D eigenvalue weighted by Gasteiger charge is -2.15. The molecule has 16 heavy (non-hydrogen) atoms. The highest BCUT2D eigenvalue weighted by Crippen LogP contribution is 2.10. The minimum absolute atomic E-state index is 0.436. The second-order valence-electron chi connectivity index (χ2n) is 3.06. The maximum atomic E-state index is 9.61. The van der Waals surface area contributed by atoms with Gasteiger partial charge in [0.25, 0.3) is 0 Å². The van der Waals surface area contributed by atoms with Gasteiger partial charge in [-0.25, -0.2) is 0 Å². The number of rotatable bonds is 3. The predicted octanol–water partition coefficient (Wildman–Crippen LogP) is 2.73. The Kier molecular flexibility index (Phi) is 13.3. The highest BCUT2D eigenvalue weighted by molar-refractivity contribution is 5.11. The lowest BCUT2D eigenvalue weighted by molar-refractivity contribution is 0.138. The highest BCUT2D eigenvalue weighted by atomic mass is 16.3. The number of nitrogens with zero attached hydrogens (tertiary/aromatic N) is 2. The maximum absolute atomic E-state index is 9.61. The van der Waals surface area contributed by atoms with E-state index in [1.165, 1.54) is 0 Å². The molecule has 0 bridgehead atoms. The first-order valence-corrected chi connectivity index (χ1v) is 5.93. The Balaban J connectivity index is 0. The van der Waals surface area contributed by atoms with E-state index >= 15 is 0 Å². The summed E-state index contributed by atoms with van der Waals surface area (Å²) in [5, 5.41) is 9.61.